The summed E-state index contributed by atoms with van der Waals surface area (Å²) in [5.74, 6) is 8.58. The lowest BCUT2D eigenvalue weighted by Crippen LogP contribution is -2.14. The van der Waals surface area contributed by atoms with Gasteiger partial charge in [-0.15, -0.1) is 10.2 Å². The fraction of sp³-hybridized carbons (Fsp3) is 0.222. The number of aromatic nitrogens is 3. The molecule has 0 spiro atoms. The van der Waals surface area contributed by atoms with Gasteiger partial charge in [0, 0.05) is 17.7 Å². The highest BCUT2D eigenvalue weighted by atomic mass is 32.2. The molecule has 1 aromatic heterocycles. The Balaban J connectivity index is 1.71. The number of methoxy groups -OCH3 is 2. The zero-order valence-electron chi connectivity index (χ0n) is 14.5. The van der Waals surface area contributed by atoms with Crippen molar-refractivity contribution in [2.75, 3.05) is 20.1 Å². The van der Waals surface area contributed by atoms with Crippen LogP contribution in [0.15, 0.2) is 47.6 Å². The Morgan fingerprint density at radius 2 is 1.85 bits per heavy atom. The summed E-state index contributed by atoms with van der Waals surface area (Å²) >= 11 is 1.45. The van der Waals surface area contributed by atoms with E-state index in [1.54, 1.807) is 26.4 Å². The van der Waals surface area contributed by atoms with Crippen LogP contribution in [0, 0.1) is 5.82 Å². The first kappa shape index (κ1) is 18.1. The van der Waals surface area contributed by atoms with Gasteiger partial charge in [0.15, 0.2) is 5.82 Å². The second-order valence-electron chi connectivity index (χ2n) is 5.54. The Hall–Kier alpha value is -2.74. The molecular weight excluding hydrogens is 355 g/mol. The lowest BCUT2D eigenvalue weighted by molar-refractivity contribution is 0.400. The summed E-state index contributed by atoms with van der Waals surface area (Å²) in [7, 11) is 3.25. The van der Waals surface area contributed by atoms with Gasteiger partial charge in [-0.2, -0.15) is 0 Å². The van der Waals surface area contributed by atoms with Gasteiger partial charge >= 0.3 is 0 Å². The van der Waals surface area contributed by atoms with E-state index in [9.17, 15) is 4.39 Å². The SMILES string of the molecule is COc1ccc(OC)c(CSc2nnc(Cc3ccc(F)cc3)n2N)c1. The first-order chi connectivity index (χ1) is 12.6. The van der Waals surface area contributed by atoms with Crippen molar-refractivity contribution < 1.29 is 13.9 Å². The first-order valence-electron chi connectivity index (χ1n) is 7.88. The third-order valence-corrected chi connectivity index (χ3v) is 4.85. The van der Waals surface area contributed by atoms with Crippen molar-refractivity contribution in [1.82, 2.24) is 14.9 Å². The lowest BCUT2D eigenvalue weighted by Gasteiger charge is -2.10. The maximum atomic E-state index is 13.0. The fourth-order valence-corrected chi connectivity index (χ4v) is 3.30. The minimum absolute atomic E-state index is 0.272. The van der Waals surface area contributed by atoms with E-state index in [0.717, 1.165) is 22.6 Å². The summed E-state index contributed by atoms with van der Waals surface area (Å²) in [6, 6.07) is 11.9. The van der Waals surface area contributed by atoms with Crippen LogP contribution in [-0.4, -0.2) is 29.1 Å². The molecule has 3 aromatic rings. The molecule has 3 rings (SSSR count). The molecule has 0 radical (unpaired) electrons. The van der Waals surface area contributed by atoms with E-state index in [1.165, 1.54) is 28.6 Å². The van der Waals surface area contributed by atoms with Crippen LogP contribution in [0.4, 0.5) is 4.39 Å². The van der Waals surface area contributed by atoms with Crippen LogP contribution in [0.3, 0.4) is 0 Å². The van der Waals surface area contributed by atoms with Gasteiger partial charge in [-0.3, -0.25) is 0 Å². The maximum Gasteiger partial charge on any atom is 0.210 e. The molecule has 0 aliphatic heterocycles. The predicted molar refractivity (Wildman–Crippen MR) is 98.5 cm³/mol. The second-order valence-corrected chi connectivity index (χ2v) is 6.48. The van der Waals surface area contributed by atoms with Crippen LogP contribution < -0.4 is 15.3 Å². The third-order valence-electron chi connectivity index (χ3n) is 3.85. The molecule has 0 saturated heterocycles. The largest absolute Gasteiger partial charge is 0.497 e. The highest BCUT2D eigenvalue weighted by Crippen LogP contribution is 2.30. The number of halogens is 1. The van der Waals surface area contributed by atoms with E-state index in [-0.39, 0.29) is 5.82 Å². The minimum atomic E-state index is -0.272. The Bertz CT molecular complexity index is 883. The zero-order chi connectivity index (χ0) is 18.5. The van der Waals surface area contributed by atoms with Crippen LogP contribution in [0.5, 0.6) is 11.5 Å². The number of hydrogen-bond acceptors (Lipinski definition) is 6. The van der Waals surface area contributed by atoms with Crippen LogP contribution in [-0.2, 0) is 12.2 Å². The molecule has 0 bridgehead atoms. The molecule has 0 aliphatic rings. The van der Waals surface area contributed by atoms with E-state index in [4.69, 9.17) is 15.3 Å². The lowest BCUT2D eigenvalue weighted by atomic mass is 10.1. The van der Waals surface area contributed by atoms with Gasteiger partial charge < -0.3 is 15.3 Å². The van der Waals surface area contributed by atoms with Crippen LogP contribution in [0.1, 0.15) is 17.0 Å². The Morgan fingerprint density at radius 3 is 2.54 bits per heavy atom. The highest BCUT2D eigenvalue weighted by Gasteiger charge is 2.13. The molecule has 0 atom stereocenters. The van der Waals surface area contributed by atoms with Gasteiger partial charge in [-0.05, 0) is 35.9 Å². The molecule has 0 aliphatic carbocycles. The molecule has 0 saturated carbocycles. The zero-order valence-corrected chi connectivity index (χ0v) is 15.3. The van der Waals surface area contributed by atoms with Crippen molar-refractivity contribution in [3.8, 4) is 11.5 Å². The molecule has 6 nitrogen and oxygen atoms in total. The van der Waals surface area contributed by atoms with E-state index in [1.807, 2.05) is 18.2 Å². The Kier molecular flexibility index (Phi) is 5.62. The van der Waals surface area contributed by atoms with Crippen molar-refractivity contribution in [2.24, 2.45) is 0 Å². The second kappa shape index (κ2) is 8.09. The molecule has 0 unspecified atom stereocenters. The van der Waals surface area contributed by atoms with Crippen molar-refractivity contribution >= 4 is 11.8 Å². The monoisotopic (exact) mass is 374 g/mol. The number of nitrogens with two attached hydrogens (primary N) is 1. The maximum absolute atomic E-state index is 13.0. The topological polar surface area (TPSA) is 75.2 Å². The van der Waals surface area contributed by atoms with Gasteiger partial charge in [-0.1, -0.05) is 23.9 Å². The van der Waals surface area contributed by atoms with Crippen molar-refractivity contribution in [1.29, 1.82) is 0 Å². The van der Waals surface area contributed by atoms with E-state index in [2.05, 4.69) is 10.2 Å². The summed E-state index contributed by atoms with van der Waals surface area (Å²) in [6.45, 7) is 0. The molecule has 2 N–H and O–H groups in total. The fourth-order valence-electron chi connectivity index (χ4n) is 2.45. The predicted octanol–water partition coefficient (Wildman–Crippen LogP) is 3.03. The van der Waals surface area contributed by atoms with Gasteiger partial charge in [0.1, 0.15) is 17.3 Å². The molecule has 136 valence electrons. The molecular formula is C18H19FN4O2S. The number of ether oxygens (including phenoxy) is 2. The van der Waals surface area contributed by atoms with Gasteiger partial charge in [0.05, 0.1) is 14.2 Å². The van der Waals surface area contributed by atoms with Crippen molar-refractivity contribution in [3.05, 3.63) is 65.2 Å². The average Bonchev–Trinajstić information content (AvgIpc) is 3.01. The third kappa shape index (κ3) is 4.08. The summed E-state index contributed by atoms with van der Waals surface area (Å²) in [5, 5.41) is 8.88. The summed E-state index contributed by atoms with van der Waals surface area (Å²) in [4.78, 5) is 0. The van der Waals surface area contributed by atoms with Crippen LogP contribution in [0.25, 0.3) is 0 Å². The quantitative estimate of drug-likeness (QED) is 0.506. The number of benzene rings is 2. The Morgan fingerprint density at radius 1 is 1.08 bits per heavy atom. The first-order valence-corrected chi connectivity index (χ1v) is 8.86. The normalized spacial score (nSPS) is 10.7. The van der Waals surface area contributed by atoms with Gasteiger partial charge in [0.25, 0.3) is 0 Å². The molecule has 0 fully saturated rings. The minimum Gasteiger partial charge on any atom is -0.497 e. The molecule has 0 amide bonds. The number of thioether (sulfide) groups is 1. The number of nitrogen functional groups attached to an aromatic ring is 1. The summed E-state index contributed by atoms with van der Waals surface area (Å²) in [5.41, 5.74) is 1.89. The molecule has 26 heavy (non-hydrogen) atoms. The summed E-state index contributed by atoms with van der Waals surface area (Å²) < 4.78 is 25.1. The van der Waals surface area contributed by atoms with Crippen molar-refractivity contribution in [3.63, 3.8) is 0 Å². The smallest absolute Gasteiger partial charge is 0.210 e. The van der Waals surface area contributed by atoms with Crippen molar-refractivity contribution in [2.45, 2.75) is 17.3 Å². The van der Waals surface area contributed by atoms with E-state index < -0.39 is 0 Å². The standard InChI is InChI=1S/C18H19FN4O2S/c1-24-15-7-8-16(25-2)13(10-15)11-26-18-22-21-17(23(18)20)9-12-3-5-14(19)6-4-12/h3-8,10H,9,11,20H2,1-2H3. The van der Waals surface area contributed by atoms with E-state index in [0.29, 0.717) is 23.2 Å². The average molecular weight is 374 g/mol. The highest BCUT2D eigenvalue weighted by molar-refractivity contribution is 7.98. The van der Waals surface area contributed by atoms with Crippen LogP contribution >= 0.6 is 11.8 Å². The molecule has 8 heteroatoms. The van der Waals surface area contributed by atoms with Gasteiger partial charge in [0.2, 0.25) is 5.16 Å². The molecule has 1 heterocycles. The Labute approximate surface area is 155 Å². The number of hydrogen-bond donors (Lipinski definition) is 1. The van der Waals surface area contributed by atoms with E-state index >= 15 is 0 Å². The number of nitrogens with zero attached hydrogens (tertiary/aromatic N) is 3. The van der Waals surface area contributed by atoms with Gasteiger partial charge in [-0.25, -0.2) is 9.07 Å². The van der Waals surface area contributed by atoms with Crippen LogP contribution in [0.2, 0.25) is 0 Å². The molecule has 2 aromatic carbocycles. The summed E-state index contributed by atoms with van der Waals surface area (Å²) in [6.07, 6.45) is 0.479. The number of rotatable bonds is 7.